The highest BCUT2D eigenvalue weighted by Crippen LogP contribution is 2.21. The number of nitrogens with zero attached hydrogens (tertiary/aromatic N) is 1. The Kier molecular flexibility index (Phi) is 9.79. The standard InChI is InChI=1S/C16H24Cl2N2O2S/c1-22-16(21)15(19)14(23-2)11-12-3-5-13(6-4-12)20(9-7-17)10-8-18/h3-6,14-15H,7-11,19H2,1-2H3. The van der Waals surface area contributed by atoms with E-state index in [0.717, 1.165) is 24.3 Å². The smallest absolute Gasteiger partial charge is 0.323 e. The van der Waals surface area contributed by atoms with Gasteiger partial charge in [0.2, 0.25) is 0 Å². The van der Waals surface area contributed by atoms with Gasteiger partial charge in [0.15, 0.2) is 0 Å². The normalized spacial score (nSPS) is 13.4. The number of hydrogen-bond acceptors (Lipinski definition) is 5. The number of hydrogen-bond donors (Lipinski definition) is 1. The van der Waals surface area contributed by atoms with E-state index in [9.17, 15) is 4.79 Å². The number of esters is 1. The van der Waals surface area contributed by atoms with Crippen LogP contribution in [0.15, 0.2) is 24.3 Å². The van der Waals surface area contributed by atoms with Crippen molar-refractivity contribution in [3.05, 3.63) is 29.8 Å². The first-order valence-electron chi connectivity index (χ1n) is 7.39. The fourth-order valence-electron chi connectivity index (χ4n) is 2.29. The van der Waals surface area contributed by atoms with Gasteiger partial charge < -0.3 is 15.4 Å². The second-order valence-corrected chi connectivity index (χ2v) is 6.89. The molecular weight excluding hydrogens is 355 g/mol. The van der Waals surface area contributed by atoms with Crippen LogP contribution in [0.3, 0.4) is 0 Å². The lowest BCUT2D eigenvalue weighted by Crippen LogP contribution is -2.42. The average Bonchev–Trinajstić information content (AvgIpc) is 2.58. The third kappa shape index (κ3) is 6.42. The lowest BCUT2D eigenvalue weighted by atomic mass is 10.0. The molecule has 2 unspecified atom stereocenters. The molecule has 130 valence electrons. The predicted molar refractivity (Wildman–Crippen MR) is 101 cm³/mol. The molecule has 1 aromatic carbocycles. The molecule has 7 heteroatoms. The number of halogens is 2. The summed E-state index contributed by atoms with van der Waals surface area (Å²) >= 11 is 13.2. The summed E-state index contributed by atoms with van der Waals surface area (Å²) in [7, 11) is 1.36. The van der Waals surface area contributed by atoms with Gasteiger partial charge in [-0.1, -0.05) is 12.1 Å². The molecule has 0 heterocycles. The van der Waals surface area contributed by atoms with Crippen molar-refractivity contribution in [2.75, 3.05) is 43.1 Å². The largest absolute Gasteiger partial charge is 0.468 e. The van der Waals surface area contributed by atoms with Crippen molar-refractivity contribution in [2.24, 2.45) is 5.73 Å². The molecule has 4 nitrogen and oxygen atoms in total. The number of rotatable bonds is 10. The molecule has 0 spiro atoms. The summed E-state index contributed by atoms with van der Waals surface area (Å²) in [6.07, 6.45) is 2.66. The van der Waals surface area contributed by atoms with Crippen LogP contribution in [0.2, 0.25) is 0 Å². The number of carbonyl (C=O) groups is 1. The SMILES string of the molecule is COC(=O)C(N)C(Cc1ccc(N(CCCl)CCCl)cc1)SC. The molecule has 1 aromatic rings. The highest BCUT2D eigenvalue weighted by Gasteiger charge is 2.24. The number of carbonyl (C=O) groups excluding carboxylic acids is 1. The topological polar surface area (TPSA) is 55.6 Å². The van der Waals surface area contributed by atoms with Gasteiger partial charge >= 0.3 is 5.97 Å². The highest BCUT2D eigenvalue weighted by atomic mass is 35.5. The van der Waals surface area contributed by atoms with Gasteiger partial charge in [0, 0.05) is 35.8 Å². The van der Waals surface area contributed by atoms with E-state index in [2.05, 4.69) is 29.2 Å². The van der Waals surface area contributed by atoms with E-state index in [0.29, 0.717) is 18.2 Å². The minimum Gasteiger partial charge on any atom is -0.468 e. The molecule has 0 aliphatic heterocycles. The molecule has 0 aliphatic rings. The van der Waals surface area contributed by atoms with Crippen LogP contribution in [-0.2, 0) is 16.0 Å². The second kappa shape index (κ2) is 11.0. The van der Waals surface area contributed by atoms with Crippen molar-refractivity contribution in [2.45, 2.75) is 17.7 Å². The van der Waals surface area contributed by atoms with Crippen molar-refractivity contribution < 1.29 is 9.53 Å². The fraction of sp³-hybridized carbons (Fsp3) is 0.562. The van der Waals surface area contributed by atoms with E-state index in [-0.39, 0.29) is 11.2 Å². The number of thioether (sulfide) groups is 1. The van der Waals surface area contributed by atoms with Gasteiger partial charge in [0.1, 0.15) is 6.04 Å². The lowest BCUT2D eigenvalue weighted by Gasteiger charge is -2.24. The van der Waals surface area contributed by atoms with E-state index < -0.39 is 6.04 Å². The number of methoxy groups -OCH3 is 1. The van der Waals surface area contributed by atoms with Crippen LogP contribution in [0, 0.1) is 0 Å². The highest BCUT2D eigenvalue weighted by molar-refractivity contribution is 7.99. The van der Waals surface area contributed by atoms with Crippen LogP contribution in [0.5, 0.6) is 0 Å². The first-order valence-corrected chi connectivity index (χ1v) is 9.75. The Morgan fingerprint density at radius 3 is 2.26 bits per heavy atom. The number of anilines is 1. The van der Waals surface area contributed by atoms with Gasteiger partial charge in [-0.25, -0.2) is 0 Å². The Morgan fingerprint density at radius 1 is 1.26 bits per heavy atom. The van der Waals surface area contributed by atoms with Crippen LogP contribution >= 0.6 is 35.0 Å². The molecule has 0 fully saturated rings. The first-order chi connectivity index (χ1) is 11.1. The minimum absolute atomic E-state index is 0.0184. The van der Waals surface area contributed by atoms with Crippen molar-refractivity contribution in [3.8, 4) is 0 Å². The molecule has 0 saturated heterocycles. The lowest BCUT2D eigenvalue weighted by molar-refractivity contribution is -0.142. The molecule has 0 aromatic heterocycles. The van der Waals surface area contributed by atoms with Crippen molar-refractivity contribution in [1.29, 1.82) is 0 Å². The van der Waals surface area contributed by atoms with Crippen LogP contribution in [-0.4, -0.2) is 55.5 Å². The zero-order valence-electron chi connectivity index (χ0n) is 13.5. The van der Waals surface area contributed by atoms with E-state index >= 15 is 0 Å². The van der Waals surface area contributed by atoms with Crippen molar-refractivity contribution in [1.82, 2.24) is 0 Å². The molecule has 0 bridgehead atoms. The molecule has 2 N–H and O–H groups in total. The number of alkyl halides is 2. The summed E-state index contributed by atoms with van der Waals surface area (Å²) in [4.78, 5) is 13.7. The molecule has 23 heavy (non-hydrogen) atoms. The average molecular weight is 379 g/mol. The van der Waals surface area contributed by atoms with Crippen LogP contribution in [0.25, 0.3) is 0 Å². The quantitative estimate of drug-likeness (QED) is 0.501. The van der Waals surface area contributed by atoms with Crippen molar-refractivity contribution >= 4 is 46.6 Å². The molecule has 0 saturated carbocycles. The summed E-state index contributed by atoms with van der Waals surface area (Å²) in [5.74, 6) is 0.735. The van der Waals surface area contributed by atoms with Crippen LogP contribution < -0.4 is 10.6 Å². The first kappa shape index (κ1) is 20.4. The Labute approximate surface area is 152 Å². The summed E-state index contributed by atoms with van der Waals surface area (Å²) < 4.78 is 4.73. The van der Waals surface area contributed by atoms with Crippen molar-refractivity contribution in [3.63, 3.8) is 0 Å². The Balaban J connectivity index is 2.76. The van der Waals surface area contributed by atoms with Gasteiger partial charge in [-0.3, -0.25) is 4.79 Å². The molecular formula is C16H24Cl2N2O2S. The molecule has 0 radical (unpaired) electrons. The maximum Gasteiger partial charge on any atom is 0.323 e. The van der Waals surface area contributed by atoms with Gasteiger partial charge in [-0.15, -0.1) is 23.2 Å². The number of nitrogens with two attached hydrogens (primary N) is 1. The second-order valence-electron chi connectivity index (χ2n) is 5.06. The van der Waals surface area contributed by atoms with E-state index in [4.69, 9.17) is 33.7 Å². The summed E-state index contributed by atoms with van der Waals surface area (Å²) in [6.45, 7) is 1.52. The molecule has 0 amide bonds. The van der Waals surface area contributed by atoms with Gasteiger partial charge in [-0.2, -0.15) is 11.8 Å². The maximum absolute atomic E-state index is 11.6. The summed E-state index contributed by atoms with van der Waals surface area (Å²) in [6, 6.07) is 7.58. The third-order valence-electron chi connectivity index (χ3n) is 3.62. The number of ether oxygens (including phenoxy) is 1. The maximum atomic E-state index is 11.6. The van der Waals surface area contributed by atoms with E-state index in [1.54, 1.807) is 11.8 Å². The Hall–Kier alpha value is -0.620. The molecule has 1 rings (SSSR count). The predicted octanol–water partition coefficient (Wildman–Crippen LogP) is 2.75. The fourth-order valence-corrected chi connectivity index (χ4v) is 3.47. The van der Waals surface area contributed by atoms with E-state index in [1.165, 1.54) is 7.11 Å². The molecule has 2 atom stereocenters. The monoisotopic (exact) mass is 378 g/mol. The zero-order chi connectivity index (χ0) is 17.2. The Bertz CT molecular complexity index is 468. The van der Waals surface area contributed by atoms with Crippen LogP contribution in [0.4, 0.5) is 5.69 Å². The van der Waals surface area contributed by atoms with Gasteiger partial charge in [0.05, 0.1) is 7.11 Å². The van der Waals surface area contributed by atoms with Gasteiger partial charge in [0.25, 0.3) is 0 Å². The van der Waals surface area contributed by atoms with E-state index in [1.807, 2.05) is 6.26 Å². The molecule has 0 aliphatic carbocycles. The minimum atomic E-state index is -0.626. The zero-order valence-corrected chi connectivity index (χ0v) is 15.8. The van der Waals surface area contributed by atoms with Gasteiger partial charge in [-0.05, 0) is 30.4 Å². The third-order valence-corrected chi connectivity index (χ3v) is 5.03. The number of benzene rings is 1. The summed E-state index contributed by atoms with van der Waals surface area (Å²) in [5.41, 5.74) is 8.17. The summed E-state index contributed by atoms with van der Waals surface area (Å²) in [5, 5.41) is -0.0184. The van der Waals surface area contributed by atoms with Crippen LogP contribution in [0.1, 0.15) is 5.56 Å². The Morgan fingerprint density at radius 2 is 1.83 bits per heavy atom.